The Morgan fingerprint density at radius 2 is 2.24 bits per heavy atom. The SMILES string of the molecule is CCOC(=O)c1ccc(C2=CC(=O)CCC2)s1. The lowest BCUT2D eigenvalue weighted by Gasteiger charge is -2.09. The van der Waals surface area contributed by atoms with Crippen molar-refractivity contribution in [3.63, 3.8) is 0 Å². The zero-order valence-electron chi connectivity index (χ0n) is 9.69. The summed E-state index contributed by atoms with van der Waals surface area (Å²) >= 11 is 1.39. The lowest BCUT2D eigenvalue weighted by Crippen LogP contribution is -2.02. The first-order valence-corrected chi connectivity index (χ1v) is 6.53. The van der Waals surface area contributed by atoms with Crippen molar-refractivity contribution in [3.05, 3.63) is 28.0 Å². The van der Waals surface area contributed by atoms with Crippen molar-refractivity contribution in [2.45, 2.75) is 26.2 Å². The van der Waals surface area contributed by atoms with Crippen molar-refractivity contribution in [1.29, 1.82) is 0 Å². The second kappa shape index (κ2) is 5.27. The number of thiophene rings is 1. The molecule has 0 N–H and O–H groups in total. The molecule has 0 amide bonds. The van der Waals surface area contributed by atoms with E-state index in [1.807, 2.05) is 6.07 Å². The minimum absolute atomic E-state index is 0.178. The van der Waals surface area contributed by atoms with Crippen molar-refractivity contribution in [3.8, 4) is 0 Å². The van der Waals surface area contributed by atoms with E-state index in [1.54, 1.807) is 19.1 Å². The fraction of sp³-hybridized carbons (Fsp3) is 0.385. The topological polar surface area (TPSA) is 43.4 Å². The molecule has 0 unspecified atom stereocenters. The Balaban J connectivity index is 2.18. The molecule has 1 aromatic heterocycles. The average Bonchev–Trinajstić information content (AvgIpc) is 2.78. The summed E-state index contributed by atoms with van der Waals surface area (Å²) in [5, 5.41) is 0. The van der Waals surface area contributed by atoms with Crippen molar-refractivity contribution in [2.24, 2.45) is 0 Å². The van der Waals surface area contributed by atoms with Crippen LogP contribution in [0.3, 0.4) is 0 Å². The third-order valence-electron chi connectivity index (χ3n) is 2.60. The van der Waals surface area contributed by atoms with E-state index in [1.165, 1.54) is 11.3 Å². The fourth-order valence-electron chi connectivity index (χ4n) is 1.81. The van der Waals surface area contributed by atoms with Gasteiger partial charge in [-0.05, 0) is 43.5 Å². The molecule has 0 bridgehead atoms. The van der Waals surface area contributed by atoms with E-state index in [4.69, 9.17) is 4.74 Å². The highest BCUT2D eigenvalue weighted by Gasteiger charge is 2.15. The van der Waals surface area contributed by atoms with Gasteiger partial charge < -0.3 is 4.74 Å². The van der Waals surface area contributed by atoms with Crippen molar-refractivity contribution in [1.82, 2.24) is 0 Å². The lowest BCUT2D eigenvalue weighted by molar-refractivity contribution is -0.114. The Hall–Kier alpha value is -1.42. The molecule has 0 radical (unpaired) electrons. The van der Waals surface area contributed by atoms with Gasteiger partial charge in [-0.15, -0.1) is 11.3 Å². The van der Waals surface area contributed by atoms with Gasteiger partial charge in [-0.1, -0.05) is 0 Å². The summed E-state index contributed by atoms with van der Waals surface area (Å²) in [6.45, 7) is 2.17. The normalized spacial score (nSPS) is 15.6. The van der Waals surface area contributed by atoms with Crippen LogP contribution in [-0.4, -0.2) is 18.4 Å². The standard InChI is InChI=1S/C13H14O3S/c1-2-16-13(15)12-7-6-11(17-12)9-4-3-5-10(14)8-9/h6-8H,2-5H2,1H3. The van der Waals surface area contributed by atoms with Gasteiger partial charge in [-0.25, -0.2) is 4.79 Å². The number of allylic oxidation sites excluding steroid dienone is 2. The van der Waals surface area contributed by atoms with Crippen LogP contribution in [0.1, 0.15) is 40.7 Å². The highest BCUT2D eigenvalue weighted by atomic mass is 32.1. The second-order valence-electron chi connectivity index (χ2n) is 3.87. The van der Waals surface area contributed by atoms with Crippen molar-refractivity contribution in [2.75, 3.05) is 6.61 Å². The Morgan fingerprint density at radius 1 is 1.41 bits per heavy atom. The van der Waals surface area contributed by atoms with E-state index in [2.05, 4.69) is 0 Å². The molecular formula is C13H14O3S. The molecule has 1 aromatic rings. The largest absolute Gasteiger partial charge is 0.462 e. The summed E-state index contributed by atoms with van der Waals surface area (Å²) in [7, 11) is 0. The van der Waals surface area contributed by atoms with E-state index in [-0.39, 0.29) is 11.8 Å². The molecule has 1 heterocycles. The van der Waals surface area contributed by atoms with Crippen LogP contribution in [0.15, 0.2) is 18.2 Å². The van der Waals surface area contributed by atoms with Crippen molar-refractivity contribution >= 4 is 28.7 Å². The first kappa shape index (κ1) is 12.0. The van der Waals surface area contributed by atoms with E-state index in [0.717, 1.165) is 23.3 Å². The summed E-state index contributed by atoms with van der Waals surface area (Å²) in [5.41, 5.74) is 1.04. The molecule has 0 saturated carbocycles. The quantitative estimate of drug-likeness (QED) is 0.774. The molecule has 0 spiro atoms. The Bertz CT molecular complexity index is 471. The molecule has 0 aromatic carbocycles. The molecule has 0 fully saturated rings. The van der Waals surface area contributed by atoms with Gasteiger partial charge >= 0.3 is 5.97 Å². The zero-order valence-corrected chi connectivity index (χ0v) is 10.5. The predicted octanol–water partition coefficient (Wildman–Crippen LogP) is 3.06. The van der Waals surface area contributed by atoms with Gasteiger partial charge in [0.2, 0.25) is 0 Å². The number of rotatable bonds is 3. The molecule has 1 aliphatic rings. The van der Waals surface area contributed by atoms with Gasteiger partial charge in [0, 0.05) is 11.3 Å². The number of carbonyl (C=O) groups is 2. The second-order valence-corrected chi connectivity index (χ2v) is 4.96. The van der Waals surface area contributed by atoms with Crippen LogP contribution < -0.4 is 0 Å². The van der Waals surface area contributed by atoms with Crippen LogP contribution in [-0.2, 0) is 9.53 Å². The number of ether oxygens (including phenoxy) is 1. The monoisotopic (exact) mass is 250 g/mol. The number of hydrogen-bond donors (Lipinski definition) is 0. The minimum atomic E-state index is -0.286. The van der Waals surface area contributed by atoms with Crippen LogP contribution in [0, 0.1) is 0 Å². The number of esters is 1. The molecule has 4 heteroatoms. The summed E-state index contributed by atoms with van der Waals surface area (Å²) in [4.78, 5) is 24.4. The van der Waals surface area contributed by atoms with Gasteiger partial charge in [0.1, 0.15) is 4.88 Å². The van der Waals surface area contributed by atoms with E-state index < -0.39 is 0 Å². The van der Waals surface area contributed by atoms with Crippen LogP contribution in [0.2, 0.25) is 0 Å². The Labute approximate surface area is 104 Å². The molecule has 3 nitrogen and oxygen atoms in total. The molecule has 90 valence electrons. The third kappa shape index (κ3) is 2.82. The number of carbonyl (C=O) groups excluding carboxylic acids is 2. The Morgan fingerprint density at radius 3 is 2.94 bits per heavy atom. The maximum absolute atomic E-state index is 11.5. The predicted molar refractivity (Wildman–Crippen MR) is 67.1 cm³/mol. The molecule has 0 aliphatic heterocycles. The molecule has 0 saturated heterocycles. The summed E-state index contributed by atoms with van der Waals surface area (Å²) in [6.07, 6.45) is 4.15. The van der Waals surface area contributed by atoms with Gasteiger partial charge in [0.05, 0.1) is 6.61 Å². The van der Waals surface area contributed by atoms with Crippen LogP contribution in [0.25, 0.3) is 5.57 Å². The fourth-order valence-corrected chi connectivity index (χ4v) is 2.75. The molecule has 0 atom stereocenters. The van der Waals surface area contributed by atoms with Crippen molar-refractivity contribution < 1.29 is 14.3 Å². The van der Waals surface area contributed by atoms with Gasteiger partial charge in [-0.2, -0.15) is 0 Å². The summed E-state index contributed by atoms with van der Waals surface area (Å²) < 4.78 is 4.93. The summed E-state index contributed by atoms with van der Waals surface area (Å²) in [5.74, 6) is -0.108. The van der Waals surface area contributed by atoms with Crippen LogP contribution in [0.4, 0.5) is 0 Å². The molecular weight excluding hydrogens is 236 g/mol. The highest BCUT2D eigenvalue weighted by molar-refractivity contribution is 7.15. The van der Waals surface area contributed by atoms with Gasteiger partial charge in [0.15, 0.2) is 5.78 Å². The maximum atomic E-state index is 11.5. The lowest BCUT2D eigenvalue weighted by atomic mass is 9.98. The number of hydrogen-bond acceptors (Lipinski definition) is 4. The van der Waals surface area contributed by atoms with Crippen LogP contribution >= 0.6 is 11.3 Å². The first-order valence-electron chi connectivity index (χ1n) is 5.71. The Kier molecular flexibility index (Phi) is 3.74. The van der Waals surface area contributed by atoms with Gasteiger partial charge in [0.25, 0.3) is 0 Å². The highest BCUT2D eigenvalue weighted by Crippen LogP contribution is 2.30. The average molecular weight is 250 g/mol. The smallest absolute Gasteiger partial charge is 0.348 e. The maximum Gasteiger partial charge on any atom is 0.348 e. The van der Waals surface area contributed by atoms with E-state index in [0.29, 0.717) is 17.9 Å². The zero-order chi connectivity index (χ0) is 12.3. The third-order valence-corrected chi connectivity index (χ3v) is 3.74. The molecule has 17 heavy (non-hydrogen) atoms. The minimum Gasteiger partial charge on any atom is -0.462 e. The van der Waals surface area contributed by atoms with Gasteiger partial charge in [-0.3, -0.25) is 4.79 Å². The summed E-state index contributed by atoms with van der Waals surface area (Å²) in [6, 6.07) is 3.65. The van der Waals surface area contributed by atoms with Crippen LogP contribution in [0.5, 0.6) is 0 Å². The van der Waals surface area contributed by atoms with E-state index >= 15 is 0 Å². The molecule has 1 aliphatic carbocycles. The first-order chi connectivity index (χ1) is 8.20. The van der Waals surface area contributed by atoms with E-state index in [9.17, 15) is 9.59 Å². The number of ketones is 1. The molecule has 2 rings (SSSR count).